The minimum atomic E-state index is -6.36. The van der Waals surface area contributed by atoms with E-state index in [1.807, 2.05) is 0 Å². The molecule has 0 spiro atoms. The van der Waals surface area contributed by atoms with Crippen LogP contribution in [0.25, 0.3) is 0 Å². The minimum Gasteiger partial charge on any atom is -0.202 e. The van der Waals surface area contributed by atoms with Gasteiger partial charge < -0.3 is 0 Å². The fourth-order valence-corrected chi connectivity index (χ4v) is 1.59. The Morgan fingerprint density at radius 3 is 1.15 bits per heavy atom. The van der Waals surface area contributed by atoms with E-state index in [4.69, 9.17) is 0 Å². The molecule has 0 aliphatic rings. The second-order valence-corrected chi connectivity index (χ2v) is 6.61. The molecule has 0 rings (SSSR count). The van der Waals surface area contributed by atoms with E-state index in [-0.39, 0.29) is 0 Å². The Hall–Kier alpha value is 0.307. The fourth-order valence-electron chi connectivity index (χ4n) is 0.326. The highest BCUT2D eigenvalue weighted by Crippen LogP contribution is 2.48. The lowest BCUT2D eigenvalue weighted by Gasteiger charge is -2.28. The largest absolute Gasteiger partial charge is 0.459 e. The lowest BCUT2D eigenvalue weighted by Crippen LogP contribution is -2.56. The number of hydrogen-bond donors (Lipinski definition) is 0. The third-order valence-electron chi connectivity index (χ3n) is 1.05. The van der Waals surface area contributed by atoms with Gasteiger partial charge in [-0.1, -0.05) is 0 Å². The molecular weight excluding hydrogens is 268 g/mol. The lowest BCUT2D eigenvalue weighted by atomic mass is 10.3. The van der Waals surface area contributed by atoms with Gasteiger partial charge in [0.05, 0.1) is 0 Å². The molecule has 13 heavy (non-hydrogen) atoms. The summed E-state index contributed by atoms with van der Waals surface area (Å²) in [6.07, 6.45) is -6.36. The summed E-state index contributed by atoms with van der Waals surface area (Å²) in [6.45, 7) is 0. The molecule has 0 atom stereocenters. The molecule has 0 aromatic heterocycles. The van der Waals surface area contributed by atoms with Crippen LogP contribution < -0.4 is 0 Å². The van der Waals surface area contributed by atoms with Crippen molar-refractivity contribution in [3.63, 3.8) is 0 Å². The van der Waals surface area contributed by atoms with E-state index in [1.165, 1.54) is 0 Å². The quantitative estimate of drug-likeness (QED) is 0.410. The topological polar surface area (TPSA) is 0 Å². The van der Waals surface area contributed by atoms with Gasteiger partial charge in [0.25, 0.3) is 0 Å². The van der Waals surface area contributed by atoms with Crippen molar-refractivity contribution in [2.75, 3.05) is 0 Å². The second kappa shape index (κ2) is 3.47. The molecule has 0 amide bonds. The average molecular weight is 269 g/mol. The molecule has 0 saturated carbocycles. The van der Waals surface area contributed by atoms with Crippen molar-refractivity contribution in [1.82, 2.24) is 0 Å². The highest BCUT2D eigenvalue weighted by molar-refractivity contribution is 7.34. The summed E-state index contributed by atoms with van der Waals surface area (Å²) < 4.78 is 82.3. The van der Waals surface area contributed by atoms with Crippen LogP contribution in [0.15, 0.2) is 0 Å². The molecule has 0 heterocycles. The van der Waals surface area contributed by atoms with Crippen LogP contribution in [-0.4, -0.2) is 25.1 Å². The molecule has 10 heteroatoms. The van der Waals surface area contributed by atoms with Gasteiger partial charge in [0, 0.05) is 0 Å². The van der Waals surface area contributed by atoms with Gasteiger partial charge in [-0.05, 0) is 0 Å². The summed E-state index contributed by atoms with van der Waals surface area (Å²) in [5, 5.41) is 0. The summed E-state index contributed by atoms with van der Waals surface area (Å²) in [5.41, 5.74) is -5.41. The van der Waals surface area contributed by atoms with Crippen LogP contribution in [0.3, 0.4) is 0 Å². The fraction of sp³-hybridized carbons (Fsp3) is 1.00. The predicted molar refractivity (Wildman–Crippen MR) is 34.8 cm³/mol. The third kappa shape index (κ3) is 2.21. The Kier molecular flexibility index (Phi) is 3.55. The monoisotopic (exact) mass is 268 g/mol. The van der Waals surface area contributed by atoms with E-state index in [1.54, 1.807) is 0 Å². The number of hydrogen-bond acceptors (Lipinski definition) is 0. The van der Waals surface area contributed by atoms with Gasteiger partial charge in [0.2, 0.25) is 0 Å². The van der Waals surface area contributed by atoms with Gasteiger partial charge >= 0.3 is 25.1 Å². The summed E-state index contributed by atoms with van der Waals surface area (Å²) >= 11 is 8.87. The maximum atomic E-state index is 12.1. The van der Waals surface area contributed by atoms with Crippen LogP contribution in [0.4, 0.5) is 30.7 Å². The van der Waals surface area contributed by atoms with Crippen LogP contribution in [0.2, 0.25) is 0 Å². The standard InChI is InChI=1S/C3HCl2F7Si/c4-13(5)3(11,12)1(6,7)2(8,9)10/h13H. The van der Waals surface area contributed by atoms with Gasteiger partial charge in [0.15, 0.2) is 0 Å². The predicted octanol–water partition coefficient (Wildman–Crippen LogP) is 3.06. The number of halogens is 9. The van der Waals surface area contributed by atoms with Gasteiger partial charge in [0.1, 0.15) is 0 Å². The van der Waals surface area contributed by atoms with Gasteiger partial charge in [-0.15, -0.1) is 22.2 Å². The van der Waals surface area contributed by atoms with E-state index in [0.717, 1.165) is 0 Å². The second-order valence-electron chi connectivity index (χ2n) is 2.00. The first-order chi connectivity index (χ1) is 5.44. The Morgan fingerprint density at radius 2 is 1.08 bits per heavy atom. The zero-order chi connectivity index (χ0) is 11.1. The lowest BCUT2D eigenvalue weighted by molar-refractivity contribution is -0.333. The molecule has 0 aliphatic carbocycles. The first-order valence-electron chi connectivity index (χ1n) is 2.55. The van der Waals surface area contributed by atoms with Gasteiger partial charge in [-0.3, -0.25) is 0 Å². The smallest absolute Gasteiger partial charge is 0.202 e. The Labute approximate surface area is 78.6 Å². The zero-order valence-electron chi connectivity index (χ0n) is 5.48. The molecule has 0 aromatic rings. The Morgan fingerprint density at radius 1 is 0.769 bits per heavy atom. The molecule has 0 aliphatic heterocycles. The maximum Gasteiger partial charge on any atom is 0.459 e. The summed E-state index contributed by atoms with van der Waals surface area (Å²) in [6, 6.07) is 0. The Balaban J connectivity index is 5.04. The van der Waals surface area contributed by atoms with Crippen molar-refractivity contribution in [1.29, 1.82) is 0 Å². The first kappa shape index (κ1) is 13.3. The summed E-state index contributed by atoms with van der Waals surface area (Å²) in [5.74, 6) is -6.18. The highest BCUT2D eigenvalue weighted by atomic mass is 35.7. The van der Waals surface area contributed by atoms with Crippen molar-refractivity contribution in [3.8, 4) is 0 Å². The normalized spacial score (nSPS) is 15.2. The molecule has 0 radical (unpaired) electrons. The SMILES string of the molecule is FC(F)(F)C(F)(F)C(F)(F)[SiH](Cl)Cl. The number of alkyl halides is 7. The summed E-state index contributed by atoms with van der Waals surface area (Å²) in [4.78, 5) is 0. The van der Waals surface area contributed by atoms with Crippen molar-refractivity contribution in [2.45, 2.75) is 17.6 Å². The molecule has 80 valence electrons. The first-order valence-corrected chi connectivity index (χ1v) is 6.62. The minimum absolute atomic E-state index is 4.43. The van der Waals surface area contributed by atoms with Gasteiger partial charge in [-0.25, -0.2) is 8.78 Å². The molecule has 0 aromatic carbocycles. The van der Waals surface area contributed by atoms with E-state index in [2.05, 4.69) is 22.2 Å². The maximum absolute atomic E-state index is 12.1. The summed E-state index contributed by atoms with van der Waals surface area (Å²) in [7, 11) is -4.46. The zero-order valence-corrected chi connectivity index (χ0v) is 8.15. The van der Waals surface area contributed by atoms with E-state index in [0.29, 0.717) is 0 Å². The number of rotatable bonds is 2. The molecule has 0 N–H and O–H groups in total. The van der Waals surface area contributed by atoms with Crippen molar-refractivity contribution < 1.29 is 30.7 Å². The third-order valence-corrected chi connectivity index (χ3v) is 3.60. The van der Waals surface area contributed by atoms with E-state index >= 15 is 0 Å². The van der Waals surface area contributed by atoms with Crippen molar-refractivity contribution in [3.05, 3.63) is 0 Å². The van der Waals surface area contributed by atoms with E-state index in [9.17, 15) is 30.7 Å². The van der Waals surface area contributed by atoms with Crippen molar-refractivity contribution >= 4 is 29.6 Å². The Bertz CT molecular complexity index is 187. The van der Waals surface area contributed by atoms with Crippen molar-refractivity contribution in [2.24, 2.45) is 0 Å². The van der Waals surface area contributed by atoms with Crippen LogP contribution in [0.1, 0.15) is 0 Å². The van der Waals surface area contributed by atoms with Crippen LogP contribution >= 0.6 is 22.2 Å². The van der Waals surface area contributed by atoms with Crippen LogP contribution in [0, 0.1) is 0 Å². The molecular formula is C3HCl2F7Si. The molecule has 0 unspecified atom stereocenters. The van der Waals surface area contributed by atoms with Crippen LogP contribution in [0.5, 0.6) is 0 Å². The average Bonchev–Trinajstić information content (AvgIpc) is 1.84. The molecule has 0 saturated heterocycles. The van der Waals surface area contributed by atoms with Crippen LogP contribution in [-0.2, 0) is 0 Å². The van der Waals surface area contributed by atoms with Gasteiger partial charge in [-0.2, -0.15) is 22.0 Å². The highest BCUT2D eigenvalue weighted by Gasteiger charge is 2.75. The molecule has 0 bridgehead atoms. The van der Waals surface area contributed by atoms with E-state index < -0.39 is 25.1 Å². The molecule has 0 nitrogen and oxygen atoms in total. The molecule has 0 fully saturated rings.